The van der Waals surface area contributed by atoms with Crippen LogP contribution in [0.1, 0.15) is 11.3 Å². The molecule has 0 bridgehead atoms. The summed E-state index contributed by atoms with van der Waals surface area (Å²) in [6, 6.07) is 8.32. The van der Waals surface area contributed by atoms with E-state index in [0.29, 0.717) is 5.76 Å². The van der Waals surface area contributed by atoms with Gasteiger partial charge in [0.2, 0.25) is 11.8 Å². The Labute approximate surface area is 170 Å². The summed E-state index contributed by atoms with van der Waals surface area (Å²) in [5.74, 6) is -0.659. The van der Waals surface area contributed by atoms with Gasteiger partial charge in [-0.15, -0.1) is 11.8 Å². The number of thioether (sulfide) groups is 1. The zero-order valence-corrected chi connectivity index (χ0v) is 16.1. The summed E-state index contributed by atoms with van der Waals surface area (Å²) in [5.41, 5.74) is 0.242. The lowest BCUT2D eigenvalue weighted by atomic mass is 10.1. The first-order valence-corrected chi connectivity index (χ1v) is 9.95. The average Bonchev–Trinajstić information content (AvgIpc) is 3.40. The van der Waals surface area contributed by atoms with Gasteiger partial charge in [0, 0.05) is 5.56 Å². The van der Waals surface area contributed by atoms with Crippen molar-refractivity contribution in [2.45, 2.75) is 24.4 Å². The number of hydrogen-bond donors (Lipinski definition) is 1. The van der Waals surface area contributed by atoms with Crippen LogP contribution in [-0.2, 0) is 22.7 Å². The fourth-order valence-electron chi connectivity index (χ4n) is 3.32. The Bertz CT molecular complexity index is 962. The Morgan fingerprint density at radius 3 is 2.79 bits per heavy atom. The molecule has 2 aromatic rings. The van der Waals surface area contributed by atoms with Gasteiger partial charge in [-0.25, -0.2) is 9.18 Å². The highest BCUT2D eigenvalue weighted by Crippen LogP contribution is 2.34. The molecule has 0 saturated carbocycles. The maximum absolute atomic E-state index is 14.1. The van der Waals surface area contributed by atoms with Gasteiger partial charge in [-0.05, 0) is 23.6 Å². The van der Waals surface area contributed by atoms with Crippen LogP contribution in [0.3, 0.4) is 0 Å². The van der Waals surface area contributed by atoms with Crippen LogP contribution in [0.5, 0.6) is 0 Å². The average molecular weight is 415 g/mol. The minimum atomic E-state index is -0.611. The minimum absolute atomic E-state index is 0.182. The molecule has 29 heavy (non-hydrogen) atoms. The number of carbonyl (C=O) groups is 3. The second-order valence-electron chi connectivity index (χ2n) is 6.66. The number of benzene rings is 1. The molecular formula is C20H18FN3O4S. The first-order chi connectivity index (χ1) is 14.0. The molecule has 0 aliphatic carbocycles. The van der Waals surface area contributed by atoms with Crippen molar-refractivity contribution in [3.63, 3.8) is 0 Å². The summed E-state index contributed by atoms with van der Waals surface area (Å²) < 4.78 is 19.2. The smallest absolute Gasteiger partial charge is 0.328 e. The van der Waals surface area contributed by atoms with Crippen LogP contribution in [-0.4, -0.2) is 45.5 Å². The van der Waals surface area contributed by atoms with E-state index in [2.05, 4.69) is 5.32 Å². The van der Waals surface area contributed by atoms with E-state index in [1.165, 1.54) is 35.1 Å². The van der Waals surface area contributed by atoms with Crippen molar-refractivity contribution in [2.75, 3.05) is 6.54 Å². The zero-order valence-electron chi connectivity index (χ0n) is 15.3. The second-order valence-corrected chi connectivity index (χ2v) is 7.71. The molecule has 1 aromatic heterocycles. The summed E-state index contributed by atoms with van der Waals surface area (Å²) in [7, 11) is 0. The number of furan rings is 1. The number of amides is 4. The largest absolute Gasteiger partial charge is 0.467 e. The van der Waals surface area contributed by atoms with E-state index in [1.54, 1.807) is 35.7 Å². The highest BCUT2D eigenvalue weighted by Gasteiger charge is 2.47. The van der Waals surface area contributed by atoms with Crippen molar-refractivity contribution in [2.24, 2.45) is 0 Å². The molecule has 2 aliphatic heterocycles. The predicted molar refractivity (Wildman–Crippen MR) is 104 cm³/mol. The van der Waals surface area contributed by atoms with Gasteiger partial charge in [0.15, 0.2) is 0 Å². The quantitative estimate of drug-likeness (QED) is 0.784. The summed E-state index contributed by atoms with van der Waals surface area (Å²) in [5, 5.41) is 3.90. The lowest BCUT2D eigenvalue weighted by molar-refractivity contribution is -0.133. The molecule has 150 valence electrons. The van der Waals surface area contributed by atoms with E-state index in [-0.39, 0.29) is 37.0 Å². The van der Waals surface area contributed by atoms with Crippen LogP contribution in [0, 0.1) is 5.82 Å². The van der Waals surface area contributed by atoms with Crippen LogP contribution in [0.15, 0.2) is 58.6 Å². The maximum atomic E-state index is 14.1. The van der Waals surface area contributed by atoms with E-state index in [9.17, 15) is 18.8 Å². The number of urea groups is 1. The minimum Gasteiger partial charge on any atom is -0.467 e. The van der Waals surface area contributed by atoms with Crippen LogP contribution in [0.4, 0.5) is 9.18 Å². The first-order valence-electron chi connectivity index (χ1n) is 9.01. The molecule has 1 fully saturated rings. The topological polar surface area (TPSA) is 82.9 Å². The number of nitrogens with one attached hydrogen (secondary N) is 1. The Kier molecular flexibility index (Phi) is 5.39. The molecule has 1 saturated heterocycles. The molecule has 0 spiro atoms. The van der Waals surface area contributed by atoms with Gasteiger partial charge in [0.25, 0.3) is 0 Å². The lowest BCUT2D eigenvalue weighted by Gasteiger charge is -2.40. The monoisotopic (exact) mass is 415 g/mol. The molecule has 4 rings (SSSR count). The van der Waals surface area contributed by atoms with Crippen molar-refractivity contribution in [3.8, 4) is 0 Å². The molecule has 2 aliphatic rings. The van der Waals surface area contributed by atoms with Gasteiger partial charge < -0.3 is 14.6 Å². The Morgan fingerprint density at radius 2 is 2.03 bits per heavy atom. The molecule has 0 radical (unpaired) electrons. The molecule has 2 unspecified atom stereocenters. The van der Waals surface area contributed by atoms with E-state index in [1.807, 2.05) is 0 Å². The lowest BCUT2D eigenvalue weighted by Crippen LogP contribution is -2.62. The maximum Gasteiger partial charge on any atom is 0.328 e. The molecule has 1 aromatic carbocycles. The molecule has 9 heteroatoms. The molecule has 2 atom stereocenters. The van der Waals surface area contributed by atoms with Crippen molar-refractivity contribution >= 4 is 29.6 Å². The third-order valence-corrected chi connectivity index (χ3v) is 5.89. The van der Waals surface area contributed by atoms with Crippen molar-refractivity contribution in [1.82, 2.24) is 15.1 Å². The van der Waals surface area contributed by atoms with E-state index in [0.717, 1.165) is 4.90 Å². The van der Waals surface area contributed by atoms with Crippen molar-refractivity contribution < 1.29 is 23.2 Å². The number of imide groups is 1. The second kappa shape index (κ2) is 8.12. The number of hydrogen-bond acceptors (Lipinski definition) is 5. The molecule has 1 N–H and O–H groups in total. The fraction of sp³-hybridized carbons (Fsp3) is 0.250. The molecule has 4 amide bonds. The van der Waals surface area contributed by atoms with E-state index >= 15 is 0 Å². The van der Waals surface area contributed by atoms with Gasteiger partial charge in [0.1, 0.15) is 23.4 Å². The third kappa shape index (κ3) is 3.91. The number of halogens is 1. The third-order valence-electron chi connectivity index (χ3n) is 4.80. The summed E-state index contributed by atoms with van der Waals surface area (Å²) in [6.07, 6.45) is 3.25. The summed E-state index contributed by atoms with van der Waals surface area (Å²) >= 11 is 1.29. The van der Waals surface area contributed by atoms with Gasteiger partial charge in [-0.1, -0.05) is 24.3 Å². The van der Waals surface area contributed by atoms with Gasteiger partial charge in [0.05, 0.1) is 25.4 Å². The van der Waals surface area contributed by atoms with E-state index < -0.39 is 23.1 Å². The van der Waals surface area contributed by atoms with Crippen molar-refractivity contribution in [1.29, 1.82) is 0 Å². The van der Waals surface area contributed by atoms with Crippen LogP contribution in [0.2, 0.25) is 0 Å². The number of rotatable bonds is 6. The van der Waals surface area contributed by atoms with Gasteiger partial charge in [-0.3, -0.25) is 14.5 Å². The number of carbonyl (C=O) groups excluding carboxylic acids is 3. The molecule has 3 heterocycles. The Balaban J connectivity index is 1.50. The summed E-state index contributed by atoms with van der Waals surface area (Å²) in [4.78, 5) is 40.6. The molecule has 7 nitrogen and oxygen atoms in total. The number of fused-ring (bicyclic) bond motifs is 1. The number of nitrogens with zero attached hydrogens (tertiary/aromatic N) is 2. The summed E-state index contributed by atoms with van der Waals surface area (Å²) in [6.45, 7) is -0.199. The van der Waals surface area contributed by atoms with Crippen molar-refractivity contribution in [3.05, 3.63) is 71.3 Å². The standard InChI is InChI=1S/C20H18FN3O4S/c21-15-6-2-1-4-13(15)11-24-19(26)18-16(7-9-29-18)23(20(24)27)12-17(25)22-10-14-5-3-8-28-14/h1-9,16,18H,10-12H2,(H,22,25). The predicted octanol–water partition coefficient (Wildman–Crippen LogP) is 2.50. The highest BCUT2D eigenvalue weighted by molar-refractivity contribution is 8.03. The van der Waals surface area contributed by atoms with Gasteiger partial charge in [-0.2, -0.15) is 0 Å². The van der Waals surface area contributed by atoms with Gasteiger partial charge >= 0.3 is 6.03 Å². The fourth-order valence-corrected chi connectivity index (χ4v) is 4.38. The Morgan fingerprint density at radius 1 is 1.21 bits per heavy atom. The van der Waals surface area contributed by atoms with Crippen LogP contribution < -0.4 is 5.32 Å². The Hall–Kier alpha value is -3.07. The van der Waals surface area contributed by atoms with E-state index in [4.69, 9.17) is 4.42 Å². The van der Waals surface area contributed by atoms with Crippen LogP contribution >= 0.6 is 11.8 Å². The molecular weight excluding hydrogens is 397 g/mol. The SMILES string of the molecule is O=C(CN1C(=O)N(Cc2ccccc2F)C(=O)C2SC=CC21)NCc1ccco1. The zero-order chi connectivity index (χ0) is 20.4. The highest BCUT2D eigenvalue weighted by atomic mass is 32.2. The normalized spacial score (nSPS) is 20.9. The first kappa shape index (κ1) is 19.3. The van der Waals surface area contributed by atoms with Crippen LogP contribution in [0.25, 0.3) is 0 Å².